The molecule has 0 spiro atoms. The number of carbonyl (C=O) groups is 1. The molecule has 1 atom stereocenters. The molecule has 0 aliphatic carbocycles. The molecular weight excluding hydrogens is 323 g/mol. The lowest BCUT2D eigenvalue weighted by Gasteiger charge is -2.11. The maximum absolute atomic E-state index is 12.1. The molecule has 1 amide bonds. The smallest absolute Gasteiger partial charge is 0.276 e. The second-order valence-electron chi connectivity index (χ2n) is 4.87. The number of nitrogens with one attached hydrogen (secondary N) is 2. The molecule has 0 saturated carbocycles. The van der Waals surface area contributed by atoms with Crippen LogP contribution in [0.25, 0.3) is 0 Å². The Bertz CT molecular complexity index is 641. The van der Waals surface area contributed by atoms with Gasteiger partial charge in [-0.25, -0.2) is 0 Å². The van der Waals surface area contributed by atoms with E-state index in [-0.39, 0.29) is 11.6 Å². The van der Waals surface area contributed by atoms with E-state index in [9.17, 15) is 4.79 Å². The van der Waals surface area contributed by atoms with E-state index in [2.05, 4.69) is 27.8 Å². The first-order chi connectivity index (χ1) is 10.5. The molecule has 2 rings (SSSR count). The van der Waals surface area contributed by atoms with E-state index in [4.69, 9.17) is 23.2 Å². The molecule has 0 aliphatic heterocycles. The molecule has 0 fully saturated rings. The summed E-state index contributed by atoms with van der Waals surface area (Å²) in [6, 6.07) is 8.43. The molecule has 2 aromatic rings. The third-order valence-electron chi connectivity index (χ3n) is 3.02. The topological polar surface area (TPSA) is 66.9 Å². The minimum absolute atomic E-state index is 0.214. The first-order valence-corrected chi connectivity index (χ1v) is 7.61. The van der Waals surface area contributed by atoms with Gasteiger partial charge in [0.2, 0.25) is 0 Å². The fourth-order valence-corrected chi connectivity index (χ4v) is 2.23. The number of hydrogen-bond acceptors (Lipinski definition) is 4. The van der Waals surface area contributed by atoms with Crippen LogP contribution in [0.3, 0.4) is 0 Å². The second-order valence-corrected chi connectivity index (χ2v) is 5.74. The van der Waals surface area contributed by atoms with E-state index in [1.165, 1.54) is 0 Å². The van der Waals surface area contributed by atoms with E-state index in [0.717, 1.165) is 6.42 Å². The highest BCUT2D eigenvalue weighted by Gasteiger charge is 2.10. The average molecular weight is 339 g/mol. The van der Waals surface area contributed by atoms with E-state index in [1.807, 2.05) is 6.92 Å². The molecule has 116 valence electrons. The second kappa shape index (κ2) is 7.42. The Labute approximate surface area is 139 Å². The molecule has 0 bridgehead atoms. The van der Waals surface area contributed by atoms with Crippen LogP contribution in [0.4, 0.5) is 11.5 Å². The van der Waals surface area contributed by atoms with Crippen molar-refractivity contribution in [3.05, 3.63) is 46.1 Å². The van der Waals surface area contributed by atoms with Crippen LogP contribution in [0.15, 0.2) is 30.3 Å². The standard InChI is InChI=1S/C15H16Cl2N4O/c1-3-9(2)18-14-5-4-13(20-21-14)15(22)19-12-7-10(16)6-11(17)8-12/h4-9H,3H2,1-2H3,(H,18,21)(H,19,22). The molecule has 1 unspecified atom stereocenters. The number of amides is 1. The van der Waals surface area contributed by atoms with Crippen molar-refractivity contribution in [1.82, 2.24) is 10.2 Å². The number of nitrogens with zero attached hydrogens (tertiary/aromatic N) is 2. The highest BCUT2D eigenvalue weighted by atomic mass is 35.5. The first-order valence-electron chi connectivity index (χ1n) is 6.85. The number of aromatic nitrogens is 2. The van der Waals surface area contributed by atoms with Crippen LogP contribution in [-0.4, -0.2) is 22.1 Å². The summed E-state index contributed by atoms with van der Waals surface area (Å²) in [5.41, 5.74) is 0.719. The van der Waals surface area contributed by atoms with Crippen molar-refractivity contribution in [1.29, 1.82) is 0 Å². The molecular formula is C15H16Cl2N4O. The number of halogens is 2. The van der Waals surface area contributed by atoms with Crippen LogP contribution in [-0.2, 0) is 0 Å². The third kappa shape index (κ3) is 4.58. The number of carbonyl (C=O) groups excluding carboxylic acids is 1. The lowest BCUT2D eigenvalue weighted by molar-refractivity contribution is 0.102. The molecule has 22 heavy (non-hydrogen) atoms. The van der Waals surface area contributed by atoms with Crippen LogP contribution in [0, 0.1) is 0 Å². The summed E-state index contributed by atoms with van der Waals surface area (Å²) in [5.74, 6) is 0.262. The van der Waals surface area contributed by atoms with Crippen LogP contribution in [0.1, 0.15) is 30.8 Å². The van der Waals surface area contributed by atoms with Crippen LogP contribution in [0.5, 0.6) is 0 Å². The van der Waals surface area contributed by atoms with Crippen molar-refractivity contribution < 1.29 is 4.79 Å². The SMILES string of the molecule is CCC(C)Nc1ccc(C(=O)Nc2cc(Cl)cc(Cl)c2)nn1. The molecule has 5 nitrogen and oxygen atoms in total. The molecule has 1 aromatic heterocycles. The summed E-state index contributed by atoms with van der Waals surface area (Å²) >= 11 is 11.8. The Morgan fingerprint density at radius 1 is 1.18 bits per heavy atom. The van der Waals surface area contributed by atoms with Gasteiger partial charge in [0.15, 0.2) is 5.69 Å². The average Bonchev–Trinajstić information content (AvgIpc) is 2.46. The summed E-state index contributed by atoms with van der Waals surface area (Å²) in [5, 5.41) is 14.7. The summed E-state index contributed by atoms with van der Waals surface area (Å²) in [6.07, 6.45) is 0.972. The highest BCUT2D eigenvalue weighted by Crippen LogP contribution is 2.22. The van der Waals surface area contributed by atoms with E-state index >= 15 is 0 Å². The van der Waals surface area contributed by atoms with E-state index in [1.54, 1.807) is 30.3 Å². The first kappa shape index (κ1) is 16.5. The monoisotopic (exact) mass is 338 g/mol. The number of benzene rings is 1. The van der Waals surface area contributed by atoms with Crippen molar-refractivity contribution in [2.24, 2.45) is 0 Å². The van der Waals surface area contributed by atoms with Crippen molar-refractivity contribution in [2.45, 2.75) is 26.3 Å². The quantitative estimate of drug-likeness (QED) is 0.855. The Hall–Kier alpha value is -1.85. The minimum atomic E-state index is -0.374. The third-order valence-corrected chi connectivity index (χ3v) is 3.46. The summed E-state index contributed by atoms with van der Waals surface area (Å²) < 4.78 is 0. The van der Waals surface area contributed by atoms with Gasteiger partial charge in [-0.3, -0.25) is 4.79 Å². The van der Waals surface area contributed by atoms with Crippen LogP contribution >= 0.6 is 23.2 Å². The molecule has 1 aromatic carbocycles. The van der Waals surface area contributed by atoms with E-state index < -0.39 is 0 Å². The van der Waals surface area contributed by atoms with Crippen molar-refractivity contribution >= 4 is 40.6 Å². The Morgan fingerprint density at radius 2 is 1.86 bits per heavy atom. The van der Waals surface area contributed by atoms with Crippen LogP contribution in [0.2, 0.25) is 10.0 Å². The molecule has 0 aliphatic rings. The van der Waals surface area contributed by atoms with Gasteiger partial charge in [0.1, 0.15) is 5.82 Å². The summed E-state index contributed by atoms with van der Waals surface area (Å²) in [7, 11) is 0. The van der Waals surface area contributed by atoms with Gasteiger partial charge in [0, 0.05) is 21.8 Å². The zero-order chi connectivity index (χ0) is 16.1. The van der Waals surface area contributed by atoms with Gasteiger partial charge in [-0.15, -0.1) is 10.2 Å². The summed E-state index contributed by atoms with van der Waals surface area (Å²) in [4.78, 5) is 12.1. The van der Waals surface area contributed by atoms with Gasteiger partial charge in [0.05, 0.1) is 0 Å². The molecule has 0 saturated heterocycles. The molecule has 2 N–H and O–H groups in total. The number of anilines is 2. The maximum Gasteiger partial charge on any atom is 0.276 e. The highest BCUT2D eigenvalue weighted by molar-refractivity contribution is 6.35. The van der Waals surface area contributed by atoms with Gasteiger partial charge in [-0.05, 0) is 43.7 Å². The fraction of sp³-hybridized carbons (Fsp3) is 0.267. The predicted molar refractivity (Wildman–Crippen MR) is 89.8 cm³/mol. The van der Waals surface area contributed by atoms with Gasteiger partial charge < -0.3 is 10.6 Å². The Kier molecular flexibility index (Phi) is 5.57. The Morgan fingerprint density at radius 3 is 2.41 bits per heavy atom. The number of rotatable bonds is 5. The molecule has 7 heteroatoms. The van der Waals surface area contributed by atoms with Gasteiger partial charge in [0.25, 0.3) is 5.91 Å². The maximum atomic E-state index is 12.1. The normalized spacial score (nSPS) is 11.8. The largest absolute Gasteiger partial charge is 0.366 e. The lowest BCUT2D eigenvalue weighted by Crippen LogP contribution is -2.17. The van der Waals surface area contributed by atoms with Crippen LogP contribution < -0.4 is 10.6 Å². The number of hydrogen-bond donors (Lipinski definition) is 2. The lowest BCUT2D eigenvalue weighted by atomic mass is 10.2. The van der Waals surface area contributed by atoms with Gasteiger partial charge >= 0.3 is 0 Å². The minimum Gasteiger partial charge on any atom is -0.366 e. The molecule has 0 radical (unpaired) electrons. The summed E-state index contributed by atoms with van der Waals surface area (Å²) in [6.45, 7) is 4.12. The van der Waals surface area contributed by atoms with Crippen molar-refractivity contribution in [3.63, 3.8) is 0 Å². The fourth-order valence-electron chi connectivity index (χ4n) is 1.71. The Balaban J connectivity index is 2.06. The van der Waals surface area contributed by atoms with Crippen molar-refractivity contribution in [3.8, 4) is 0 Å². The predicted octanol–water partition coefficient (Wildman–Crippen LogP) is 4.25. The van der Waals surface area contributed by atoms with E-state index in [0.29, 0.717) is 27.6 Å². The van der Waals surface area contributed by atoms with Crippen molar-refractivity contribution in [2.75, 3.05) is 10.6 Å². The zero-order valence-corrected chi connectivity index (χ0v) is 13.7. The van der Waals surface area contributed by atoms with Gasteiger partial charge in [-0.2, -0.15) is 0 Å². The zero-order valence-electron chi connectivity index (χ0n) is 12.2. The van der Waals surface area contributed by atoms with Gasteiger partial charge in [-0.1, -0.05) is 30.1 Å². The molecule has 1 heterocycles.